The van der Waals surface area contributed by atoms with E-state index in [0.29, 0.717) is 13.1 Å². The summed E-state index contributed by atoms with van der Waals surface area (Å²) in [7, 11) is 0. The quantitative estimate of drug-likeness (QED) is 0.401. The maximum atomic E-state index is 13.0. The van der Waals surface area contributed by atoms with Gasteiger partial charge in [-0.15, -0.1) is 5.10 Å². The van der Waals surface area contributed by atoms with Crippen LogP contribution in [0.3, 0.4) is 0 Å². The van der Waals surface area contributed by atoms with Crippen molar-refractivity contribution >= 4 is 5.65 Å². The summed E-state index contributed by atoms with van der Waals surface area (Å²) >= 11 is 0. The molecule has 5 aromatic rings. The van der Waals surface area contributed by atoms with Crippen molar-refractivity contribution in [3.63, 3.8) is 0 Å². The van der Waals surface area contributed by atoms with E-state index in [0.717, 1.165) is 33.8 Å². The van der Waals surface area contributed by atoms with Crippen LogP contribution in [0.25, 0.3) is 22.6 Å². The summed E-state index contributed by atoms with van der Waals surface area (Å²) in [6, 6.07) is 9.73. The fraction of sp³-hybridized carbons (Fsp3) is 0.250. The molecule has 34 heavy (non-hydrogen) atoms. The number of nitrogens with one attached hydrogen (secondary N) is 1. The van der Waals surface area contributed by atoms with Crippen molar-refractivity contribution in [1.29, 1.82) is 0 Å². The molecule has 0 unspecified atom stereocenters. The molecule has 5 aromatic heterocycles. The number of rotatable bonds is 7. The molecular weight excluding hydrogens is 438 g/mol. The van der Waals surface area contributed by atoms with Gasteiger partial charge < -0.3 is 14.3 Å². The van der Waals surface area contributed by atoms with E-state index in [1.807, 2.05) is 70.3 Å². The normalized spacial score (nSPS) is 15.6. The topological polar surface area (TPSA) is 77.9 Å². The Morgan fingerprint density at radius 1 is 1.06 bits per heavy atom. The van der Waals surface area contributed by atoms with Gasteiger partial charge in [0.1, 0.15) is 11.3 Å². The fourth-order valence-corrected chi connectivity index (χ4v) is 4.23. The Balaban J connectivity index is 1.14. The second-order valence-electron chi connectivity index (χ2n) is 8.70. The Kier molecular flexibility index (Phi) is 4.95. The van der Waals surface area contributed by atoms with E-state index in [4.69, 9.17) is 0 Å². The molecule has 172 valence electrons. The van der Waals surface area contributed by atoms with Gasteiger partial charge in [0.15, 0.2) is 0 Å². The predicted octanol–water partition coefficient (Wildman–Crippen LogP) is 3.71. The van der Waals surface area contributed by atoms with Crippen molar-refractivity contribution < 1.29 is 8.78 Å². The van der Waals surface area contributed by atoms with Gasteiger partial charge >= 0.3 is 0 Å². The molecule has 1 aliphatic rings. The Labute approximate surface area is 193 Å². The van der Waals surface area contributed by atoms with Crippen LogP contribution in [0.4, 0.5) is 8.78 Å². The van der Waals surface area contributed by atoms with Crippen molar-refractivity contribution in [2.75, 3.05) is 0 Å². The van der Waals surface area contributed by atoms with Crippen molar-refractivity contribution in [2.24, 2.45) is 0 Å². The Morgan fingerprint density at radius 2 is 1.91 bits per heavy atom. The molecule has 8 nitrogen and oxygen atoms in total. The molecule has 0 atom stereocenters. The maximum Gasteiger partial charge on any atom is 0.251 e. The van der Waals surface area contributed by atoms with Gasteiger partial charge in [0.2, 0.25) is 0 Å². The van der Waals surface area contributed by atoms with Crippen LogP contribution in [0.15, 0.2) is 73.7 Å². The number of imidazole rings is 1. The van der Waals surface area contributed by atoms with Gasteiger partial charge in [-0.2, -0.15) is 0 Å². The van der Waals surface area contributed by atoms with Gasteiger partial charge in [0, 0.05) is 62.0 Å². The third-order valence-corrected chi connectivity index (χ3v) is 6.03. The number of aromatic nitrogens is 7. The fourth-order valence-electron chi connectivity index (χ4n) is 4.23. The number of halogens is 2. The lowest BCUT2D eigenvalue weighted by Crippen LogP contribution is -2.48. The zero-order valence-corrected chi connectivity index (χ0v) is 18.2. The molecule has 1 fully saturated rings. The second kappa shape index (κ2) is 8.14. The van der Waals surface area contributed by atoms with Crippen LogP contribution in [-0.2, 0) is 13.1 Å². The molecule has 0 aliphatic heterocycles. The average Bonchev–Trinajstić information content (AvgIpc) is 3.57. The van der Waals surface area contributed by atoms with Gasteiger partial charge in [-0.3, -0.25) is 4.98 Å². The van der Waals surface area contributed by atoms with Gasteiger partial charge in [0.05, 0.1) is 30.3 Å². The largest absolute Gasteiger partial charge is 0.322 e. The summed E-state index contributed by atoms with van der Waals surface area (Å²) in [4.78, 5) is 8.99. The number of hydrogen-bond acceptors (Lipinski definition) is 5. The summed E-state index contributed by atoms with van der Waals surface area (Å²) in [5.41, 5.74) is 5.25. The summed E-state index contributed by atoms with van der Waals surface area (Å²) < 4.78 is 31.7. The van der Waals surface area contributed by atoms with Crippen LogP contribution in [0.5, 0.6) is 0 Å². The minimum Gasteiger partial charge on any atom is -0.322 e. The average molecular weight is 460 g/mol. The highest BCUT2D eigenvalue weighted by Crippen LogP contribution is 2.37. The number of hydrogen-bond donors (Lipinski definition) is 1. The molecule has 10 heteroatoms. The van der Waals surface area contributed by atoms with Gasteiger partial charge in [-0.05, 0) is 29.8 Å². The lowest BCUT2D eigenvalue weighted by molar-refractivity contribution is -0.0930. The molecular formula is C24H22F2N8. The summed E-state index contributed by atoms with van der Waals surface area (Å²) in [6.07, 6.45) is 13.1. The standard InChI is InChI=1S/C24H22F2N8/c25-24(26)8-19(9-24)28-10-17-3-4-23-29-20(14-33(23)13-17)15-34-16-22(30-31-34)18-7-21(12-27-11-18)32-5-1-2-6-32/h1-7,11-14,16,19,28H,8-10,15H2. The van der Waals surface area contributed by atoms with E-state index in [2.05, 4.69) is 25.6 Å². The summed E-state index contributed by atoms with van der Waals surface area (Å²) in [6.45, 7) is 1.02. The SMILES string of the molecule is FC1(F)CC(NCc2ccc3nc(Cn4cc(-c5cncc(-n6cccc6)c5)nn4)cn3c2)C1. The molecule has 0 bridgehead atoms. The minimum absolute atomic E-state index is 0.0862. The van der Waals surface area contributed by atoms with E-state index in [1.165, 1.54) is 0 Å². The summed E-state index contributed by atoms with van der Waals surface area (Å²) in [5, 5.41) is 11.8. The van der Waals surface area contributed by atoms with Crippen LogP contribution in [0.1, 0.15) is 24.1 Å². The van der Waals surface area contributed by atoms with Crippen molar-refractivity contribution in [3.8, 4) is 16.9 Å². The van der Waals surface area contributed by atoms with E-state index in [-0.39, 0.29) is 18.9 Å². The number of pyridine rings is 2. The first-order valence-corrected chi connectivity index (χ1v) is 11.1. The predicted molar refractivity (Wildman–Crippen MR) is 122 cm³/mol. The monoisotopic (exact) mass is 460 g/mol. The number of alkyl halides is 2. The molecule has 1 aliphatic carbocycles. The maximum absolute atomic E-state index is 13.0. The molecule has 0 amide bonds. The smallest absolute Gasteiger partial charge is 0.251 e. The van der Waals surface area contributed by atoms with E-state index < -0.39 is 5.92 Å². The zero-order chi connectivity index (χ0) is 23.1. The first-order chi connectivity index (χ1) is 16.5. The highest BCUT2D eigenvalue weighted by molar-refractivity contribution is 5.59. The van der Waals surface area contributed by atoms with Gasteiger partial charge in [-0.25, -0.2) is 18.4 Å². The van der Waals surface area contributed by atoms with Crippen LogP contribution in [0.2, 0.25) is 0 Å². The van der Waals surface area contributed by atoms with Crippen molar-refractivity contribution in [3.05, 3.63) is 85.0 Å². The minimum atomic E-state index is -2.51. The third-order valence-electron chi connectivity index (χ3n) is 6.03. The Morgan fingerprint density at radius 3 is 2.74 bits per heavy atom. The van der Waals surface area contributed by atoms with Gasteiger partial charge in [0.25, 0.3) is 5.92 Å². The molecule has 1 N–H and O–H groups in total. The van der Waals surface area contributed by atoms with Crippen molar-refractivity contribution in [2.45, 2.75) is 37.9 Å². The molecule has 1 saturated carbocycles. The molecule has 0 radical (unpaired) electrons. The van der Waals surface area contributed by atoms with Crippen molar-refractivity contribution in [1.82, 2.24) is 39.2 Å². The Hall–Kier alpha value is -3.92. The van der Waals surface area contributed by atoms with Crippen LogP contribution in [0, 0.1) is 0 Å². The lowest BCUT2D eigenvalue weighted by atomic mass is 9.88. The van der Waals surface area contributed by atoms with Gasteiger partial charge in [-0.1, -0.05) is 11.3 Å². The molecule has 5 heterocycles. The van der Waals surface area contributed by atoms with Crippen LogP contribution in [-0.4, -0.2) is 45.9 Å². The Bertz CT molecular complexity index is 1430. The van der Waals surface area contributed by atoms with Crippen LogP contribution >= 0.6 is 0 Å². The number of nitrogens with zero attached hydrogens (tertiary/aromatic N) is 7. The van der Waals surface area contributed by atoms with Crippen LogP contribution < -0.4 is 5.32 Å². The highest BCUT2D eigenvalue weighted by Gasteiger charge is 2.44. The summed E-state index contributed by atoms with van der Waals surface area (Å²) in [5.74, 6) is -2.51. The third kappa shape index (κ3) is 4.19. The molecule has 0 spiro atoms. The molecule has 0 aromatic carbocycles. The van der Waals surface area contributed by atoms with E-state index in [1.54, 1.807) is 17.1 Å². The highest BCUT2D eigenvalue weighted by atomic mass is 19.3. The van der Waals surface area contributed by atoms with E-state index >= 15 is 0 Å². The van der Waals surface area contributed by atoms with E-state index in [9.17, 15) is 8.78 Å². The second-order valence-corrected chi connectivity index (χ2v) is 8.70. The zero-order valence-electron chi connectivity index (χ0n) is 18.2. The molecule has 0 saturated heterocycles. The molecule has 6 rings (SSSR count). The first kappa shape index (κ1) is 20.7. The first-order valence-electron chi connectivity index (χ1n) is 11.1. The number of fused-ring (bicyclic) bond motifs is 1. The lowest BCUT2D eigenvalue weighted by Gasteiger charge is -2.35.